The first-order valence-corrected chi connectivity index (χ1v) is 8.06. The van der Waals surface area contributed by atoms with Crippen molar-refractivity contribution in [3.05, 3.63) is 64.7 Å². The monoisotopic (exact) mass is 344 g/mol. The van der Waals surface area contributed by atoms with Crippen molar-refractivity contribution >= 4 is 29.2 Å². The van der Waals surface area contributed by atoms with Crippen molar-refractivity contribution in [2.45, 2.75) is 0 Å². The fourth-order valence-corrected chi connectivity index (χ4v) is 3.00. The van der Waals surface area contributed by atoms with E-state index in [0.717, 1.165) is 5.69 Å². The van der Waals surface area contributed by atoms with Crippen LogP contribution in [0.4, 0.5) is 5.69 Å². The molecule has 1 aliphatic rings. The van der Waals surface area contributed by atoms with Crippen molar-refractivity contribution < 1.29 is 14.7 Å². The summed E-state index contributed by atoms with van der Waals surface area (Å²) in [6.07, 6.45) is 0. The number of carbonyl (C=O) groups is 2. The summed E-state index contributed by atoms with van der Waals surface area (Å²) in [5.41, 5.74) is 1.76. The molecule has 6 heteroatoms. The Labute approximate surface area is 145 Å². The Balaban J connectivity index is 1.64. The van der Waals surface area contributed by atoms with E-state index in [0.29, 0.717) is 36.8 Å². The van der Waals surface area contributed by atoms with Gasteiger partial charge in [-0.1, -0.05) is 23.7 Å². The third kappa shape index (κ3) is 3.36. The van der Waals surface area contributed by atoms with Crippen LogP contribution < -0.4 is 4.90 Å². The molecule has 0 saturated carbocycles. The first-order valence-electron chi connectivity index (χ1n) is 7.68. The van der Waals surface area contributed by atoms with Crippen LogP contribution in [-0.2, 0) is 0 Å². The minimum atomic E-state index is -0.934. The number of carboxylic acid groups (broad SMARTS) is 1. The summed E-state index contributed by atoms with van der Waals surface area (Å²) in [6.45, 7) is 2.60. The number of halogens is 1. The Morgan fingerprint density at radius 3 is 2.12 bits per heavy atom. The van der Waals surface area contributed by atoms with E-state index >= 15 is 0 Å². The SMILES string of the molecule is O=C(O)c1ccc(N2CCN(C(=O)c3ccccc3Cl)CC2)cc1. The lowest BCUT2D eigenvalue weighted by Gasteiger charge is -2.36. The minimum absolute atomic E-state index is 0.0542. The van der Waals surface area contributed by atoms with Crippen LogP contribution >= 0.6 is 11.6 Å². The summed E-state index contributed by atoms with van der Waals surface area (Å²) >= 11 is 6.10. The van der Waals surface area contributed by atoms with E-state index < -0.39 is 5.97 Å². The molecule has 24 heavy (non-hydrogen) atoms. The van der Waals surface area contributed by atoms with Gasteiger partial charge in [-0.15, -0.1) is 0 Å². The summed E-state index contributed by atoms with van der Waals surface area (Å²) in [7, 11) is 0. The predicted molar refractivity (Wildman–Crippen MR) is 93.0 cm³/mol. The number of rotatable bonds is 3. The first kappa shape index (κ1) is 16.3. The van der Waals surface area contributed by atoms with Crippen LogP contribution in [-0.4, -0.2) is 48.1 Å². The molecule has 0 bridgehead atoms. The van der Waals surface area contributed by atoms with Crippen molar-refractivity contribution in [3.8, 4) is 0 Å². The molecule has 3 rings (SSSR count). The Morgan fingerprint density at radius 1 is 0.917 bits per heavy atom. The molecule has 5 nitrogen and oxygen atoms in total. The van der Waals surface area contributed by atoms with Crippen LogP contribution in [0.2, 0.25) is 5.02 Å². The average Bonchev–Trinajstić information content (AvgIpc) is 2.62. The molecule has 1 aliphatic heterocycles. The third-order valence-electron chi connectivity index (χ3n) is 4.15. The van der Waals surface area contributed by atoms with Gasteiger partial charge in [0.25, 0.3) is 5.91 Å². The standard InChI is InChI=1S/C18H17ClN2O3/c19-16-4-2-1-3-15(16)17(22)21-11-9-20(10-12-21)14-7-5-13(6-8-14)18(23)24/h1-8H,9-12H2,(H,23,24). The largest absolute Gasteiger partial charge is 0.478 e. The van der Waals surface area contributed by atoms with E-state index in [1.165, 1.54) is 0 Å². The summed E-state index contributed by atoms with van der Waals surface area (Å²) < 4.78 is 0. The van der Waals surface area contributed by atoms with Gasteiger partial charge in [0, 0.05) is 31.9 Å². The van der Waals surface area contributed by atoms with E-state index in [1.54, 1.807) is 53.4 Å². The minimum Gasteiger partial charge on any atom is -0.478 e. The van der Waals surface area contributed by atoms with Gasteiger partial charge in [-0.05, 0) is 36.4 Å². The number of anilines is 1. The highest BCUT2D eigenvalue weighted by molar-refractivity contribution is 6.33. The lowest BCUT2D eigenvalue weighted by atomic mass is 10.1. The fourth-order valence-electron chi connectivity index (χ4n) is 2.79. The molecule has 0 aliphatic carbocycles. The number of benzene rings is 2. The van der Waals surface area contributed by atoms with Gasteiger partial charge in [0.2, 0.25) is 0 Å². The van der Waals surface area contributed by atoms with Crippen LogP contribution in [0.15, 0.2) is 48.5 Å². The quantitative estimate of drug-likeness (QED) is 0.929. The second-order valence-electron chi connectivity index (χ2n) is 5.61. The molecule has 0 radical (unpaired) electrons. The Bertz CT molecular complexity index is 753. The molecule has 1 N–H and O–H groups in total. The van der Waals surface area contributed by atoms with Crippen LogP contribution in [0, 0.1) is 0 Å². The maximum atomic E-state index is 12.5. The number of hydrogen-bond donors (Lipinski definition) is 1. The number of nitrogens with zero attached hydrogens (tertiary/aromatic N) is 2. The molecule has 1 amide bonds. The molecule has 0 aromatic heterocycles. The van der Waals surface area contributed by atoms with E-state index in [4.69, 9.17) is 16.7 Å². The molecule has 1 heterocycles. The predicted octanol–water partition coefficient (Wildman–Crippen LogP) is 3.00. The zero-order valence-corrected chi connectivity index (χ0v) is 13.7. The molecule has 2 aromatic rings. The topological polar surface area (TPSA) is 60.9 Å². The Kier molecular flexibility index (Phi) is 4.71. The molecular formula is C18H17ClN2O3. The average molecular weight is 345 g/mol. The third-order valence-corrected chi connectivity index (χ3v) is 4.48. The molecule has 1 fully saturated rings. The summed E-state index contributed by atoms with van der Waals surface area (Å²) in [5.74, 6) is -0.988. The van der Waals surface area contributed by atoms with Gasteiger partial charge < -0.3 is 14.9 Å². The molecule has 0 unspecified atom stereocenters. The number of hydrogen-bond acceptors (Lipinski definition) is 3. The van der Waals surface area contributed by atoms with Gasteiger partial charge >= 0.3 is 5.97 Å². The van der Waals surface area contributed by atoms with Crippen molar-refractivity contribution in [1.82, 2.24) is 4.90 Å². The van der Waals surface area contributed by atoms with E-state index in [2.05, 4.69) is 4.90 Å². The zero-order chi connectivity index (χ0) is 17.1. The fraction of sp³-hybridized carbons (Fsp3) is 0.222. The van der Waals surface area contributed by atoms with Gasteiger partial charge in [-0.25, -0.2) is 4.79 Å². The molecule has 0 spiro atoms. The van der Waals surface area contributed by atoms with Gasteiger partial charge in [-0.3, -0.25) is 4.79 Å². The highest BCUT2D eigenvalue weighted by Crippen LogP contribution is 2.21. The lowest BCUT2D eigenvalue weighted by Crippen LogP contribution is -2.48. The maximum absolute atomic E-state index is 12.5. The first-order chi connectivity index (χ1) is 11.6. The second-order valence-corrected chi connectivity index (χ2v) is 6.02. The van der Waals surface area contributed by atoms with Crippen LogP contribution in [0.3, 0.4) is 0 Å². The summed E-state index contributed by atoms with van der Waals surface area (Å²) in [4.78, 5) is 27.4. The van der Waals surface area contributed by atoms with Gasteiger partial charge in [0.15, 0.2) is 0 Å². The van der Waals surface area contributed by atoms with Gasteiger partial charge in [-0.2, -0.15) is 0 Å². The number of amides is 1. The van der Waals surface area contributed by atoms with E-state index in [-0.39, 0.29) is 11.5 Å². The molecule has 1 saturated heterocycles. The zero-order valence-electron chi connectivity index (χ0n) is 13.0. The highest BCUT2D eigenvalue weighted by Gasteiger charge is 2.23. The summed E-state index contributed by atoms with van der Waals surface area (Å²) in [6, 6.07) is 13.9. The van der Waals surface area contributed by atoms with Crippen molar-refractivity contribution in [2.24, 2.45) is 0 Å². The highest BCUT2D eigenvalue weighted by atomic mass is 35.5. The van der Waals surface area contributed by atoms with E-state index in [9.17, 15) is 9.59 Å². The number of carbonyl (C=O) groups excluding carboxylic acids is 1. The van der Waals surface area contributed by atoms with Gasteiger partial charge in [0.1, 0.15) is 0 Å². The second kappa shape index (κ2) is 6.93. The Hall–Kier alpha value is -2.53. The maximum Gasteiger partial charge on any atom is 0.335 e. The molecule has 2 aromatic carbocycles. The Morgan fingerprint density at radius 2 is 1.54 bits per heavy atom. The summed E-state index contributed by atoms with van der Waals surface area (Å²) in [5, 5.41) is 9.41. The lowest BCUT2D eigenvalue weighted by molar-refractivity contribution is 0.0695. The molecule has 124 valence electrons. The van der Waals surface area contributed by atoms with Crippen LogP contribution in [0.25, 0.3) is 0 Å². The molecule has 0 atom stereocenters. The van der Waals surface area contributed by atoms with E-state index in [1.807, 2.05) is 0 Å². The van der Waals surface area contributed by atoms with Gasteiger partial charge in [0.05, 0.1) is 16.1 Å². The smallest absolute Gasteiger partial charge is 0.335 e. The normalized spacial score (nSPS) is 14.5. The number of aromatic carboxylic acids is 1. The molecular weight excluding hydrogens is 328 g/mol. The number of carboxylic acids is 1. The van der Waals surface area contributed by atoms with Crippen LogP contribution in [0.1, 0.15) is 20.7 Å². The van der Waals surface area contributed by atoms with Crippen LogP contribution in [0.5, 0.6) is 0 Å². The number of piperazine rings is 1. The van der Waals surface area contributed by atoms with Crippen molar-refractivity contribution in [3.63, 3.8) is 0 Å². The van der Waals surface area contributed by atoms with Crippen molar-refractivity contribution in [1.29, 1.82) is 0 Å². The van der Waals surface area contributed by atoms with Crippen molar-refractivity contribution in [2.75, 3.05) is 31.1 Å².